The van der Waals surface area contributed by atoms with Gasteiger partial charge in [0.15, 0.2) is 0 Å². The van der Waals surface area contributed by atoms with Gasteiger partial charge in [0, 0.05) is 19.0 Å². The summed E-state index contributed by atoms with van der Waals surface area (Å²) < 4.78 is 0. The maximum Gasteiger partial charge on any atom is 0.309 e. The number of carbonyl (C=O) groups is 2. The van der Waals surface area contributed by atoms with E-state index in [2.05, 4.69) is 13.8 Å². The molecule has 0 aromatic carbocycles. The fourth-order valence-corrected chi connectivity index (χ4v) is 3.55. The molecule has 0 aromatic heterocycles. The first-order valence-corrected chi connectivity index (χ1v) is 8.53. The van der Waals surface area contributed by atoms with E-state index in [0.717, 1.165) is 38.5 Å². The summed E-state index contributed by atoms with van der Waals surface area (Å²) in [6.07, 6.45) is 6.76. The smallest absolute Gasteiger partial charge is 0.309 e. The van der Waals surface area contributed by atoms with Crippen LogP contribution in [0.3, 0.4) is 0 Å². The van der Waals surface area contributed by atoms with Gasteiger partial charge < -0.3 is 10.0 Å². The van der Waals surface area contributed by atoms with Gasteiger partial charge in [0.25, 0.3) is 0 Å². The van der Waals surface area contributed by atoms with Crippen LogP contribution >= 0.6 is 0 Å². The predicted molar refractivity (Wildman–Crippen MR) is 84.1 cm³/mol. The van der Waals surface area contributed by atoms with Gasteiger partial charge >= 0.3 is 5.97 Å². The largest absolute Gasteiger partial charge is 0.481 e. The van der Waals surface area contributed by atoms with Crippen LogP contribution in [-0.4, -0.2) is 35.0 Å². The van der Waals surface area contributed by atoms with Gasteiger partial charge in [-0.3, -0.25) is 9.59 Å². The Kier molecular flexibility index (Phi) is 7.20. The third-order valence-electron chi connectivity index (χ3n) is 4.84. The molecule has 1 amide bonds. The number of carboxylic acid groups (broad SMARTS) is 1. The van der Waals surface area contributed by atoms with Crippen molar-refractivity contribution in [2.24, 2.45) is 11.3 Å². The zero-order valence-electron chi connectivity index (χ0n) is 13.9. The molecule has 122 valence electrons. The molecule has 0 radical (unpaired) electrons. The maximum absolute atomic E-state index is 12.6. The normalized spacial score (nSPS) is 18.0. The van der Waals surface area contributed by atoms with Crippen LogP contribution in [-0.2, 0) is 9.59 Å². The number of carboxylic acids is 1. The van der Waals surface area contributed by atoms with E-state index in [4.69, 9.17) is 0 Å². The minimum Gasteiger partial charge on any atom is -0.481 e. The third kappa shape index (κ3) is 4.45. The molecule has 4 nitrogen and oxygen atoms in total. The Balaban J connectivity index is 2.65. The zero-order chi connectivity index (χ0) is 15.9. The Labute approximate surface area is 128 Å². The lowest BCUT2D eigenvalue weighted by Crippen LogP contribution is -2.48. The second-order valence-corrected chi connectivity index (χ2v) is 6.44. The molecule has 0 spiro atoms. The van der Waals surface area contributed by atoms with E-state index >= 15 is 0 Å². The molecule has 0 unspecified atom stereocenters. The molecular weight excluding hydrogens is 266 g/mol. The second-order valence-electron chi connectivity index (χ2n) is 6.44. The topological polar surface area (TPSA) is 57.6 Å². The summed E-state index contributed by atoms with van der Waals surface area (Å²) in [4.78, 5) is 26.1. The summed E-state index contributed by atoms with van der Waals surface area (Å²) in [5.74, 6) is -0.312. The lowest BCUT2D eigenvalue weighted by molar-refractivity contribution is -0.155. The molecule has 21 heavy (non-hydrogen) atoms. The van der Waals surface area contributed by atoms with Crippen molar-refractivity contribution < 1.29 is 14.7 Å². The highest BCUT2D eigenvalue weighted by molar-refractivity contribution is 5.80. The van der Waals surface area contributed by atoms with Crippen molar-refractivity contribution in [3.8, 4) is 0 Å². The number of aliphatic carboxylic acids is 1. The number of nitrogens with zero attached hydrogens (tertiary/aromatic N) is 1. The van der Waals surface area contributed by atoms with Crippen molar-refractivity contribution in [3.05, 3.63) is 0 Å². The van der Waals surface area contributed by atoms with Gasteiger partial charge in [-0.25, -0.2) is 0 Å². The van der Waals surface area contributed by atoms with Crippen LogP contribution < -0.4 is 0 Å². The van der Waals surface area contributed by atoms with Crippen molar-refractivity contribution >= 4 is 11.9 Å². The lowest BCUT2D eigenvalue weighted by atomic mass is 9.74. The van der Waals surface area contributed by atoms with E-state index in [1.165, 1.54) is 0 Å². The van der Waals surface area contributed by atoms with Crippen molar-refractivity contribution in [2.75, 3.05) is 13.1 Å². The summed E-state index contributed by atoms with van der Waals surface area (Å²) in [6, 6.07) is 0. The van der Waals surface area contributed by atoms with Crippen molar-refractivity contribution in [2.45, 2.75) is 72.1 Å². The molecule has 0 bridgehead atoms. The summed E-state index contributed by atoms with van der Waals surface area (Å²) in [6.45, 7) is 7.47. The van der Waals surface area contributed by atoms with Crippen molar-refractivity contribution in [3.63, 3.8) is 0 Å². The molecule has 4 heteroatoms. The van der Waals surface area contributed by atoms with Gasteiger partial charge in [-0.2, -0.15) is 0 Å². The molecule has 1 rings (SSSR count). The van der Waals surface area contributed by atoms with E-state index in [1.807, 2.05) is 11.8 Å². The number of likely N-dealkylation sites (tertiary alicyclic amines) is 1. The first-order chi connectivity index (χ1) is 10.0. The lowest BCUT2D eigenvalue weighted by Gasteiger charge is -2.40. The number of hydrogen-bond donors (Lipinski definition) is 1. The molecular formula is C17H31NO3. The quantitative estimate of drug-likeness (QED) is 0.743. The Morgan fingerprint density at radius 1 is 1.05 bits per heavy atom. The number of hydrogen-bond acceptors (Lipinski definition) is 2. The van der Waals surface area contributed by atoms with Gasteiger partial charge in [-0.15, -0.1) is 0 Å². The molecule has 0 aromatic rings. The Morgan fingerprint density at radius 3 is 1.95 bits per heavy atom. The number of piperidine rings is 1. The van der Waals surface area contributed by atoms with E-state index < -0.39 is 11.4 Å². The van der Waals surface area contributed by atoms with E-state index in [-0.39, 0.29) is 11.8 Å². The summed E-state index contributed by atoms with van der Waals surface area (Å²) in [5.41, 5.74) is -0.601. The van der Waals surface area contributed by atoms with E-state index in [9.17, 15) is 14.7 Å². The highest BCUT2D eigenvalue weighted by Gasteiger charge is 2.42. The van der Waals surface area contributed by atoms with Crippen molar-refractivity contribution in [1.82, 2.24) is 4.90 Å². The highest BCUT2D eigenvalue weighted by Crippen LogP contribution is 2.37. The first kappa shape index (κ1) is 18.0. The van der Waals surface area contributed by atoms with Gasteiger partial charge in [0.05, 0.1) is 5.41 Å². The van der Waals surface area contributed by atoms with Crippen molar-refractivity contribution in [1.29, 1.82) is 0 Å². The molecule has 1 aliphatic heterocycles. The summed E-state index contributed by atoms with van der Waals surface area (Å²) in [5, 5.41) is 9.52. The van der Waals surface area contributed by atoms with Crippen LogP contribution in [0.15, 0.2) is 0 Å². The molecule has 1 fully saturated rings. The van der Waals surface area contributed by atoms with Crippen LogP contribution in [0, 0.1) is 11.3 Å². The zero-order valence-corrected chi connectivity index (χ0v) is 13.9. The number of amides is 1. The van der Waals surface area contributed by atoms with Gasteiger partial charge in [0.1, 0.15) is 0 Å². The molecule has 1 heterocycles. The molecule has 1 saturated heterocycles. The fourth-order valence-electron chi connectivity index (χ4n) is 3.55. The Hall–Kier alpha value is -1.06. The standard InChI is InChI=1S/C17H31NO3/c1-4-7-14(8-5-2)15(19)18-12-10-17(9-6-3,11-13-18)16(20)21/h14H,4-13H2,1-3H3,(H,20,21). The highest BCUT2D eigenvalue weighted by atomic mass is 16.4. The van der Waals surface area contributed by atoms with Gasteiger partial charge in [-0.1, -0.05) is 40.0 Å². The Bertz CT molecular complexity index is 340. The molecule has 1 N–H and O–H groups in total. The fraction of sp³-hybridized carbons (Fsp3) is 0.882. The number of carbonyl (C=O) groups excluding carboxylic acids is 1. The van der Waals surface area contributed by atoms with E-state index in [0.29, 0.717) is 25.9 Å². The number of rotatable bonds is 8. The molecule has 0 aliphatic carbocycles. The monoisotopic (exact) mass is 297 g/mol. The SMILES string of the molecule is CCCC(CCC)C(=O)N1CCC(CCC)(C(=O)O)CC1. The van der Waals surface area contributed by atoms with Crippen LogP contribution in [0.2, 0.25) is 0 Å². The minimum absolute atomic E-state index is 0.128. The van der Waals surface area contributed by atoms with Gasteiger partial charge in [-0.05, 0) is 32.1 Å². The van der Waals surface area contributed by atoms with Gasteiger partial charge in [0.2, 0.25) is 5.91 Å². The summed E-state index contributed by atoms with van der Waals surface area (Å²) >= 11 is 0. The first-order valence-electron chi connectivity index (χ1n) is 8.53. The average molecular weight is 297 g/mol. The van der Waals surface area contributed by atoms with E-state index in [1.54, 1.807) is 0 Å². The minimum atomic E-state index is -0.685. The summed E-state index contributed by atoms with van der Waals surface area (Å²) in [7, 11) is 0. The van der Waals surface area contributed by atoms with Crippen LogP contribution in [0.1, 0.15) is 72.1 Å². The molecule has 0 saturated carbocycles. The van der Waals surface area contributed by atoms with Crippen LogP contribution in [0.4, 0.5) is 0 Å². The van der Waals surface area contributed by atoms with Crippen LogP contribution in [0.5, 0.6) is 0 Å². The maximum atomic E-state index is 12.6. The third-order valence-corrected chi connectivity index (χ3v) is 4.84. The average Bonchev–Trinajstić information content (AvgIpc) is 2.47. The molecule has 0 atom stereocenters. The Morgan fingerprint density at radius 2 is 1.57 bits per heavy atom. The second kappa shape index (κ2) is 8.40. The van der Waals surface area contributed by atoms with Crippen LogP contribution in [0.25, 0.3) is 0 Å². The molecule has 1 aliphatic rings. The predicted octanol–water partition coefficient (Wildman–Crippen LogP) is 3.70.